The van der Waals surface area contributed by atoms with E-state index in [2.05, 4.69) is 0 Å². The predicted octanol–water partition coefficient (Wildman–Crippen LogP) is 3.55. The van der Waals surface area contributed by atoms with Crippen LogP contribution in [0.25, 0.3) is 0 Å². The minimum Gasteiger partial charge on any atom is -0.497 e. The zero-order valence-corrected chi connectivity index (χ0v) is 17.7. The van der Waals surface area contributed by atoms with E-state index in [4.69, 9.17) is 4.74 Å². The zero-order valence-electron chi connectivity index (χ0n) is 16.9. The van der Waals surface area contributed by atoms with Gasteiger partial charge in [0.25, 0.3) is 10.0 Å². The van der Waals surface area contributed by atoms with Gasteiger partial charge in [-0.25, -0.2) is 8.42 Å². The Hall–Kier alpha value is -3.32. The number of benzene rings is 3. The summed E-state index contributed by atoms with van der Waals surface area (Å²) >= 11 is 0. The molecule has 0 fully saturated rings. The first-order valence-electron chi connectivity index (χ1n) is 9.41. The van der Waals surface area contributed by atoms with Gasteiger partial charge in [-0.3, -0.25) is 9.10 Å². The van der Waals surface area contributed by atoms with Crippen molar-refractivity contribution < 1.29 is 17.9 Å². The second-order valence-electron chi connectivity index (χ2n) is 6.76. The topological polar surface area (TPSA) is 66.9 Å². The van der Waals surface area contributed by atoms with Crippen LogP contribution < -0.4 is 9.04 Å². The largest absolute Gasteiger partial charge is 0.497 e. The van der Waals surface area contributed by atoms with E-state index in [0.717, 1.165) is 15.6 Å². The van der Waals surface area contributed by atoms with Gasteiger partial charge < -0.3 is 9.64 Å². The van der Waals surface area contributed by atoms with Crippen molar-refractivity contribution in [3.05, 3.63) is 90.5 Å². The van der Waals surface area contributed by atoms with E-state index in [0.29, 0.717) is 12.2 Å². The normalized spacial score (nSPS) is 11.0. The maximum Gasteiger partial charge on any atom is 0.264 e. The van der Waals surface area contributed by atoms with Crippen LogP contribution in [0.3, 0.4) is 0 Å². The fourth-order valence-electron chi connectivity index (χ4n) is 2.97. The van der Waals surface area contributed by atoms with E-state index in [1.165, 1.54) is 17.0 Å². The number of hydrogen-bond donors (Lipinski definition) is 0. The number of likely N-dealkylation sites (N-methyl/N-ethyl adjacent to an activating group) is 1. The third-order valence-electron chi connectivity index (χ3n) is 4.66. The number of carbonyl (C=O) groups excluding carboxylic acids is 1. The number of anilines is 1. The molecule has 0 aliphatic rings. The van der Waals surface area contributed by atoms with E-state index in [1.807, 2.05) is 24.3 Å². The Bertz CT molecular complexity index is 1070. The fraction of sp³-hybridized carbons (Fsp3) is 0.174. The molecule has 0 aliphatic carbocycles. The molecule has 3 rings (SSSR count). The van der Waals surface area contributed by atoms with Crippen LogP contribution in [0.2, 0.25) is 0 Å². The number of para-hydroxylation sites is 1. The highest BCUT2D eigenvalue weighted by molar-refractivity contribution is 7.92. The summed E-state index contributed by atoms with van der Waals surface area (Å²) < 4.78 is 32.8. The Morgan fingerprint density at radius 3 is 2.00 bits per heavy atom. The maximum atomic E-state index is 13.3. The Labute approximate surface area is 177 Å². The van der Waals surface area contributed by atoms with E-state index >= 15 is 0 Å². The number of hydrogen-bond acceptors (Lipinski definition) is 4. The molecule has 0 heterocycles. The molecule has 0 aromatic heterocycles. The van der Waals surface area contributed by atoms with Gasteiger partial charge in [-0.1, -0.05) is 48.5 Å². The van der Waals surface area contributed by atoms with E-state index < -0.39 is 10.0 Å². The van der Waals surface area contributed by atoms with E-state index in [-0.39, 0.29) is 17.3 Å². The van der Waals surface area contributed by atoms with Crippen molar-refractivity contribution in [2.45, 2.75) is 11.4 Å². The molecule has 156 valence electrons. The summed E-state index contributed by atoms with van der Waals surface area (Å²) in [4.78, 5) is 14.6. The standard InChI is InChI=1S/C23H24N2O4S/c1-24(17-19-13-15-21(29-2)16-14-19)23(26)18-25(20-9-5-3-6-10-20)30(27,28)22-11-7-4-8-12-22/h3-16H,17-18H2,1-2H3. The van der Waals surface area contributed by atoms with E-state index in [1.54, 1.807) is 62.7 Å². The van der Waals surface area contributed by atoms with Gasteiger partial charge >= 0.3 is 0 Å². The molecule has 0 atom stereocenters. The van der Waals surface area contributed by atoms with Crippen molar-refractivity contribution in [3.8, 4) is 5.75 Å². The van der Waals surface area contributed by atoms with Gasteiger partial charge in [0.05, 0.1) is 17.7 Å². The summed E-state index contributed by atoms with van der Waals surface area (Å²) in [7, 11) is -0.644. The highest BCUT2D eigenvalue weighted by Crippen LogP contribution is 2.23. The van der Waals surface area contributed by atoms with Crippen LogP contribution in [0.5, 0.6) is 5.75 Å². The number of sulfonamides is 1. The van der Waals surface area contributed by atoms with Crippen LogP contribution in [0.4, 0.5) is 5.69 Å². The van der Waals surface area contributed by atoms with Gasteiger partial charge in [-0.05, 0) is 42.0 Å². The number of amides is 1. The van der Waals surface area contributed by atoms with Gasteiger partial charge in [0.1, 0.15) is 12.3 Å². The molecule has 3 aromatic carbocycles. The van der Waals surface area contributed by atoms with Crippen molar-refractivity contribution in [3.63, 3.8) is 0 Å². The lowest BCUT2D eigenvalue weighted by molar-refractivity contribution is -0.128. The number of carbonyl (C=O) groups is 1. The molecular weight excluding hydrogens is 400 g/mol. The monoisotopic (exact) mass is 424 g/mol. The average Bonchev–Trinajstić information content (AvgIpc) is 2.78. The van der Waals surface area contributed by atoms with Gasteiger partial charge in [0, 0.05) is 13.6 Å². The van der Waals surface area contributed by atoms with Crippen molar-refractivity contribution >= 4 is 21.6 Å². The summed E-state index contributed by atoms with van der Waals surface area (Å²) in [5.41, 5.74) is 1.36. The van der Waals surface area contributed by atoms with Crippen molar-refractivity contribution in [2.75, 3.05) is 25.0 Å². The number of nitrogens with zero attached hydrogens (tertiary/aromatic N) is 2. The van der Waals surface area contributed by atoms with Gasteiger partial charge in [0.15, 0.2) is 0 Å². The smallest absolute Gasteiger partial charge is 0.264 e. The predicted molar refractivity (Wildman–Crippen MR) is 117 cm³/mol. The molecule has 0 aliphatic heterocycles. The number of rotatable bonds is 8. The minimum atomic E-state index is -3.90. The lowest BCUT2D eigenvalue weighted by Gasteiger charge is -2.26. The van der Waals surface area contributed by atoms with Crippen LogP contribution in [0.1, 0.15) is 5.56 Å². The first kappa shape index (κ1) is 21.4. The summed E-state index contributed by atoms with van der Waals surface area (Å²) in [6.45, 7) is 0.0603. The zero-order chi connectivity index (χ0) is 21.6. The molecule has 3 aromatic rings. The van der Waals surface area contributed by atoms with Gasteiger partial charge in [-0.2, -0.15) is 0 Å². The molecule has 30 heavy (non-hydrogen) atoms. The molecule has 0 unspecified atom stereocenters. The fourth-order valence-corrected chi connectivity index (χ4v) is 4.40. The lowest BCUT2D eigenvalue weighted by Crippen LogP contribution is -2.41. The highest BCUT2D eigenvalue weighted by Gasteiger charge is 2.28. The van der Waals surface area contributed by atoms with Crippen molar-refractivity contribution in [2.24, 2.45) is 0 Å². The molecule has 1 amide bonds. The van der Waals surface area contributed by atoms with Gasteiger partial charge in [0.2, 0.25) is 5.91 Å². The second-order valence-corrected chi connectivity index (χ2v) is 8.62. The third kappa shape index (κ3) is 4.99. The molecule has 7 heteroatoms. The highest BCUT2D eigenvalue weighted by atomic mass is 32.2. The number of methoxy groups -OCH3 is 1. The Balaban J connectivity index is 1.83. The average molecular weight is 425 g/mol. The van der Waals surface area contributed by atoms with Crippen molar-refractivity contribution in [1.82, 2.24) is 4.90 Å². The molecular formula is C23H24N2O4S. The summed E-state index contributed by atoms with van der Waals surface area (Å²) in [5, 5.41) is 0. The summed E-state index contributed by atoms with van der Waals surface area (Å²) in [6, 6.07) is 24.2. The van der Waals surface area contributed by atoms with Crippen LogP contribution in [0.15, 0.2) is 89.8 Å². The molecule has 0 saturated heterocycles. The number of ether oxygens (including phenoxy) is 1. The molecule has 6 nitrogen and oxygen atoms in total. The SMILES string of the molecule is COc1ccc(CN(C)C(=O)CN(c2ccccc2)S(=O)(=O)c2ccccc2)cc1. The quantitative estimate of drug-likeness (QED) is 0.555. The van der Waals surface area contributed by atoms with Crippen molar-refractivity contribution in [1.29, 1.82) is 0 Å². The lowest BCUT2D eigenvalue weighted by atomic mass is 10.2. The second kappa shape index (κ2) is 9.45. The van der Waals surface area contributed by atoms with Crippen LogP contribution in [-0.4, -0.2) is 39.9 Å². The molecule has 0 radical (unpaired) electrons. The van der Waals surface area contributed by atoms with E-state index in [9.17, 15) is 13.2 Å². The molecule has 0 N–H and O–H groups in total. The Kier molecular flexibility index (Phi) is 6.74. The summed E-state index contributed by atoms with van der Waals surface area (Å²) in [6.07, 6.45) is 0. The summed E-state index contributed by atoms with van der Waals surface area (Å²) in [5.74, 6) is 0.422. The first-order valence-corrected chi connectivity index (χ1v) is 10.9. The van der Waals surface area contributed by atoms with Gasteiger partial charge in [-0.15, -0.1) is 0 Å². The Morgan fingerprint density at radius 2 is 1.43 bits per heavy atom. The van der Waals surface area contributed by atoms with Crippen LogP contribution in [-0.2, 0) is 21.4 Å². The van der Waals surface area contributed by atoms with Crippen LogP contribution >= 0.6 is 0 Å². The molecule has 0 saturated carbocycles. The molecule has 0 spiro atoms. The minimum absolute atomic E-state index is 0.138. The third-order valence-corrected chi connectivity index (χ3v) is 6.45. The van der Waals surface area contributed by atoms with Crippen LogP contribution in [0, 0.1) is 0 Å². The first-order chi connectivity index (χ1) is 14.4. The molecule has 0 bridgehead atoms. The Morgan fingerprint density at radius 1 is 0.867 bits per heavy atom. The maximum absolute atomic E-state index is 13.3.